The Labute approximate surface area is 244 Å². The molecule has 0 spiro atoms. The van der Waals surface area contributed by atoms with E-state index in [0.717, 1.165) is 67.5 Å². The summed E-state index contributed by atoms with van der Waals surface area (Å²) in [6, 6.07) is 11.1. The monoisotopic (exact) mass is 579 g/mol. The second kappa shape index (κ2) is 11.2. The first-order valence-electron chi connectivity index (χ1n) is 14.3. The molecule has 41 heavy (non-hydrogen) atoms. The van der Waals surface area contributed by atoms with E-state index in [9.17, 15) is 9.18 Å². The molecule has 3 aliphatic heterocycles. The molecule has 3 aliphatic rings. The lowest BCUT2D eigenvalue weighted by atomic mass is 9.86. The van der Waals surface area contributed by atoms with E-state index in [2.05, 4.69) is 27.7 Å². The molecule has 3 aromatic rings. The number of likely N-dealkylation sites (tertiary alicyclic amines) is 1. The molecular weight excluding hydrogens is 545 g/mol. The van der Waals surface area contributed by atoms with Crippen molar-refractivity contribution in [3.05, 3.63) is 87.2 Å². The molecule has 0 amide bonds. The topological polar surface area (TPSA) is 76.8 Å². The summed E-state index contributed by atoms with van der Waals surface area (Å²) >= 11 is 6.00. The maximum absolute atomic E-state index is 14.9. The number of hydrogen-bond donors (Lipinski definition) is 1. The number of aliphatic carboxylic acids is 1. The van der Waals surface area contributed by atoms with Gasteiger partial charge in [-0.1, -0.05) is 35.9 Å². The highest BCUT2D eigenvalue weighted by Crippen LogP contribution is 2.47. The predicted molar refractivity (Wildman–Crippen MR) is 155 cm³/mol. The third kappa shape index (κ3) is 5.65. The Bertz CT molecular complexity index is 1490. The van der Waals surface area contributed by atoms with Crippen LogP contribution in [0.5, 0.6) is 5.75 Å². The van der Waals surface area contributed by atoms with E-state index in [1.807, 2.05) is 13.8 Å². The van der Waals surface area contributed by atoms with Crippen LogP contribution < -0.4 is 4.74 Å². The fraction of sp³-hybridized carbons (Fsp3) is 0.438. The van der Waals surface area contributed by atoms with Crippen molar-refractivity contribution in [2.75, 3.05) is 19.7 Å². The number of benzene rings is 2. The minimum atomic E-state index is -0.976. The van der Waals surface area contributed by atoms with E-state index < -0.39 is 11.6 Å². The van der Waals surface area contributed by atoms with Crippen molar-refractivity contribution in [1.29, 1.82) is 0 Å². The smallest absolute Gasteiger partial charge is 0.328 e. The molecule has 6 rings (SSSR count). The number of para-hydroxylation sites is 1. The Morgan fingerprint density at radius 1 is 1.24 bits per heavy atom. The lowest BCUT2D eigenvalue weighted by Crippen LogP contribution is -2.35. The van der Waals surface area contributed by atoms with E-state index in [-0.39, 0.29) is 11.9 Å². The number of carboxylic acids is 1. The average Bonchev–Trinajstić information content (AvgIpc) is 3.40. The molecule has 2 fully saturated rings. The van der Waals surface area contributed by atoms with Gasteiger partial charge < -0.3 is 19.1 Å². The molecule has 2 unspecified atom stereocenters. The van der Waals surface area contributed by atoms with Gasteiger partial charge in [-0.3, -0.25) is 4.90 Å². The minimum absolute atomic E-state index is 0.136. The van der Waals surface area contributed by atoms with Crippen LogP contribution >= 0.6 is 11.6 Å². The summed E-state index contributed by atoms with van der Waals surface area (Å²) in [6.45, 7) is 7.82. The summed E-state index contributed by atoms with van der Waals surface area (Å²) in [5, 5.41) is 9.54. The molecule has 4 heterocycles. The summed E-state index contributed by atoms with van der Waals surface area (Å²) < 4.78 is 29.2. The molecule has 1 aromatic heterocycles. The van der Waals surface area contributed by atoms with Crippen LogP contribution in [0.1, 0.15) is 66.0 Å². The molecule has 1 N–H and O–H groups in total. The number of rotatable bonds is 8. The molecule has 7 nitrogen and oxygen atoms in total. The van der Waals surface area contributed by atoms with Crippen LogP contribution in [0.4, 0.5) is 4.39 Å². The number of carboxylic acid groups (broad SMARTS) is 1. The third-order valence-corrected chi connectivity index (χ3v) is 8.94. The maximum atomic E-state index is 14.9. The summed E-state index contributed by atoms with van der Waals surface area (Å²) in [4.78, 5) is 18.4. The molecule has 0 bridgehead atoms. The summed E-state index contributed by atoms with van der Waals surface area (Å²) in [7, 11) is 0. The Kier molecular flexibility index (Phi) is 7.66. The molecule has 2 saturated heterocycles. The van der Waals surface area contributed by atoms with Crippen molar-refractivity contribution in [1.82, 2.24) is 14.5 Å². The van der Waals surface area contributed by atoms with Gasteiger partial charge in [0.2, 0.25) is 0 Å². The van der Waals surface area contributed by atoms with Crippen LogP contribution in [-0.4, -0.2) is 51.3 Å². The van der Waals surface area contributed by atoms with Crippen LogP contribution in [0.2, 0.25) is 5.02 Å². The average molecular weight is 580 g/mol. The summed E-state index contributed by atoms with van der Waals surface area (Å²) in [6.07, 6.45) is 6.50. The van der Waals surface area contributed by atoms with Crippen LogP contribution in [0.15, 0.2) is 42.5 Å². The minimum Gasteiger partial charge on any atom is -0.482 e. The number of halogens is 2. The van der Waals surface area contributed by atoms with Gasteiger partial charge in [0.05, 0.1) is 30.6 Å². The number of imidazole rings is 1. The fourth-order valence-corrected chi connectivity index (χ4v) is 6.61. The van der Waals surface area contributed by atoms with Gasteiger partial charge >= 0.3 is 5.97 Å². The zero-order valence-electron chi connectivity index (χ0n) is 23.4. The SMILES string of the molecule is Cc1nc(CN2CCC(c3cccc4c3OC(C)(c3ccc(Cl)cc3F)C4)CC2)n(CC2CCO2)c1/C=C/C(=O)O. The molecule has 216 valence electrons. The van der Waals surface area contributed by atoms with E-state index in [4.69, 9.17) is 31.2 Å². The fourth-order valence-electron chi connectivity index (χ4n) is 6.45. The number of piperidine rings is 1. The van der Waals surface area contributed by atoms with Crippen molar-refractivity contribution in [3.63, 3.8) is 0 Å². The number of carbonyl (C=O) groups is 1. The first kappa shape index (κ1) is 27.9. The number of fused-ring (bicyclic) bond motifs is 1. The highest BCUT2D eigenvalue weighted by Gasteiger charge is 2.40. The van der Waals surface area contributed by atoms with Gasteiger partial charge in [-0.25, -0.2) is 14.2 Å². The summed E-state index contributed by atoms with van der Waals surface area (Å²) in [5.74, 6) is 0.852. The Morgan fingerprint density at radius 2 is 2.02 bits per heavy atom. The highest BCUT2D eigenvalue weighted by molar-refractivity contribution is 6.30. The van der Waals surface area contributed by atoms with Gasteiger partial charge in [-0.2, -0.15) is 0 Å². The van der Waals surface area contributed by atoms with Gasteiger partial charge in [-0.05, 0) is 81.5 Å². The number of ether oxygens (including phenoxy) is 2. The first-order valence-corrected chi connectivity index (χ1v) is 14.7. The normalized spacial score (nSPS) is 23.0. The van der Waals surface area contributed by atoms with E-state index in [0.29, 0.717) is 36.0 Å². The quantitative estimate of drug-likeness (QED) is 0.325. The Hall–Kier alpha value is -3.20. The van der Waals surface area contributed by atoms with Crippen molar-refractivity contribution in [2.24, 2.45) is 0 Å². The van der Waals surface area contributed by atoms with Crippen LogP contribution in [0, 0.1) is 12.7 Å². The number of aryl methyl sites for hydroxylation is 1. The second-order valence-corrected chi connectivity index (χ2v) is 12.0. The van der Waals surface area contributed by atoms with Crippen LogP contribution in [0.25, 0.3) is 6.08 Å². The number of hydrogen-bond acceptors (Lipinski definition) is 5. The van der Waals surface area contributed by atoms with Crippen molar-refractivity contribution in [2.45, 2.75) is 70.2 Å². The van der Waals surface area contributed by atoms with Crippen LogP contribution in [0.3, 0.4) is 0 Å². The first-order chi connectivity index (χ1) is 19.7. The zero-order chi connectivity index (χ0) is 28.7. The van der Waals surface area contributed by atoms with Gasteiger partial charge in [0, 0.05) is 29.7 Å². The molecule has 0 radical (unpaired) electrons. The van der Waals surface area contributed by atoms with Crippen molar-refractivity contribution in [3.8, 4) is 5.75 Å². The van der Waals surface area contributed by atoms with E-state index in [1.165, 1.54) is 17.7 Å². The second-order valence-electron chi connectivity index (χ2n) is 11.6. The molecular formula is C32H35ClFN3O4. The maximum Gasteiger partial charge on any atom is 0.328 e. The highest BCUT2D eigenvalue weighted by atomic mass is 35.5. The van der Waals surface area contributed by atoms with Gasteiger partial charge in [-0.15, -0.1) is 0 Å². The van der Waals surface area contributed by atoms with Gasteiger partial charge in [0.25, 0.3) is 0 Å². The van der Waals surface area contributed by atoms with Gasteiger partial charge in [0.1, 0.15) is 23.0 Å². The predicted octanol–water partition coefficient (Wildman–Crippen LogP) is 6.10. The standard InChI is InChI=1S/C32H35ClFN3O4/c1-20-28(8-9-30(38)39)37(18-24-12-15-40-24)29(35-20)19-36-13-10-21(11-14-36)25-5-3-4-22-17-32(2,41-31(22)25)26-7-6-23(33)16-27(26)34/h3-9,16,21,24H,10-15,17-19H2,1-2H3,(H,38,39)/b9-8+. The Morgan fingerprint density at radius 3 is 2.71 bits per heavy atom. The summed E-state index contributed by atoms with van der Waals surface area (Å²) in [5.41, 5.74) is 3.70. The largest absolute Gasteiger partial charge is 0.482 e. The van der Waals surface area contributed by atoms with E-state index in [1.54, 1.807) is 18.2 Å². The lowest BCUT2D eigenvalue weighted by Gasteiger charge is -2.33. The molecule has 0 aliphatic carbocycles. The van der Waals surface area contributed by atoms with Gasteiger partial charge in [0.15, 0.2) is 0 Å². The Balaban J connectivity index is 1.16. The van der Waals surface area contributed by atoms with Crippen LogP contribution in [-0.2, 0) is 34.6 Å². The lowest BCUT2D eigenvalue weighted by molar-refractivity contribution is -0.131. The molecule has 2 atom stereocenters. The molecule has 2 aromatic carbocycles. The molecule has 9 heteroatoms. The molecule has 0 saturated carbocycles. The van der Waals surface area contributed by atoms with Crippen molar-refractivity contribution >= 4 is 23.6 Å². The number of nitrogens with zero attached hydrogens (tertiary/aromatic N) is 3. The zero-order valence-corrected chi connectivity index (χ0v) is 24.2. The van der Waals surface area contributed by atoms with Crippen molar-refractivity contribution < 1.29 is 23.8 Å². The van der Waals surface area contributed by atoms with E-state index >= 15 is 0 Å². The third-order valence-electron chi connectivity index (χ3n) is 8.71. The number of aromatic nitrogens is 2.